The Labute approximate surface area is 111 Å². The van der Waals surface area contributed by atoms with E-state index in [4.69, 9.17) is 0 Å². The van der Waals surface area contributed by atoms with E-state index >= 15 is 0 Å². The number of hydrogen-bond acceptors (Lipinski definition) is 0. The summed E-state index contributed by atoms with van der Waals surface area (Å²) in [6.45, 7) is 0. The summed E-state index contributed by atoms with van der Waals surface area (Å²) in [5.74, 6) is 0. The number of allylic oxidation sites excluding steroid dienone is 2. The number of fused-ring (bicyclic) bond motifs is 1. The lowest BCUT2D eigenvalue weighted by Gasteiger charge is -2.01. The molecular weight excluding hydrogens is 307 g/mol. The van der Waals surface area contributed by atoms with Crippen molar-refractivity contribution in [2.45, 2.75) is 12.8 Å². The van der Waals surface area contributed by atoms with Crippen LogP contribution in [-0.4, -0.2) is 4.43 Å². The Kier molecular flexibility index (Phi) is 4.40. The summed E-state index contributed by atoms with van der Waals surface area (Å²) in [7, 11) is 0. The van der Waals surface area contributed by atoms with Gasteiger partial charge in [0.15, 0.2) is 0 Å². The van der Waals surface area contributed by atoms with E-state index in [9.17, 15) is 0 Å². The monoisotopic (exact) mass is 322 g/mol. The fourth-order valence-electron chi connectivity index (χ4n) is 1.83. The Hall–Kier alpha value is -0.830. The van der Waals surface area contributed by atoms with Gasteiger partial charge in [-0.05, 0) is 29.2 Å². The third-order valence-corrected chi connectivity index (χ3v) is 3.18. The average Bonchev–Trinajstić information content (AvgIpc) is 2.34. The lowest BCUT2D eigenvalue weighted by atomic mass is 10.0. The van der Waals surface area contributed by atoms with E-state index in [1.54, 1.807) is 0 Å². The Morgan fingerprint density at radius 1 is 0.938 bits per heavy atom. The van der Waals surface area contributed by atoms with E-state index in [-0.39, 0.29) is 0 Å². The molecule has 2 rings (SSSR count). The fourth-order valence-corrected chi connectivity index (χ4v) is 2.18. The lowest BCUT2D eigenvalue weighted by molar-refractivity contribution is 1.00. The molecular formula is C15H15I. The van der Waals surface area contributed by atoms with Gasteiger partial charge in [0.25, 0.3) is 0 Å². The van der Waals surface area contributed by atoms with Crippen molar-refractivity contribution < 1.29 is 0 Å². The molecule has 0 spiro atoms. The van der Waals surface area contributed by atoms with Gasteiger partial charge in [-0.2, -0.15) is 0 Å². The number of alkyl halides is 1. The Bertz CT molecular complexity index is 486. The average molecular weight is 322 g/mol. The molecule has 0 aliphatic carbocycles. The van der Waals surface area contributed by atoms with Crippen LogP contribution in [0.2, 0.25) is 0 Å². The van der Waals surface area contributed by atoms with Crippen molar-refractivity contribution in [3.05, 3.63) is 60.2 Å². The summed E-state index contributed by atoms with van der Waals surface area (Å²) >= 11 is 2.37. The molecule has 0 fully saturated rings. The van der Waals surface area contributed by atoms with Crippen LogP contribution >= 0.6 is 22.6 Å². The maximum absolute atomic E-state index is 2.37. The first kappa shape index (κ1) is 11.6. The SMILES string of the molecule is ICC=CCCc1ccc2ccccc2c1. The number of hydrogen-bond donors (Lipinski definition) is 0. The molecule has 0 saturated heterocycles. The molecule has 0 atom stereocenters. The summed E-state index contributed by atoms with van der Waals surface area (Å²) in [5.41, 5.74) is 1.43. The fraction of sp³-hybridized carbons (Fsp3) is 0.200. The molecule has 82 valence electrons. The Balaban J connectivity index is 2.10. The van der Waals surface area contributed by atoms with E-state index in [0.717, 1.165) is 17.3 Å². The van der Waals surface area contributed by atoms with Gasteiger partial charge in [0, 0.05) is 4.43 Å². The second kappa shape index (κ2) is 6.04. The zero-order valence-corrected chi connectivity index (χ0v) is 11.4. The summed E-state index contributed by atoms with van der Waals surface area (Å²) in [5, 5.41) is 2.67. The van der Waals surface area contributed by atoms with Gasteiger partial charge in [-0.1, -0.05) is 77.2 Å². The van der Waals surface area contributed by atoms with Crippen molar-refractivity contribution in [2.24, 2.45) is 0 Å². The minimum absolute atomic E-state index is 1.11. The molecule has 0 unspecified atom stereocenters. The zero-order valence-electron chi connectivity index (χ0n) is 9.20. The largest absolute Gasteiger partial charge is 0.0874 e. The highest BCUT2D eigenvalue weighted by Crippen LogP contribution is 2.16. The highest BCUT2D eigenvalue weighted by atomic mass is 127. The Morgan fingerprint density at radius 2 is 1.75 bits per heavy atom. The quantitative estimate of drug-likeness (QED) is 0.432. The van der Waals surface area contributed by atoms with Crippen LogP contribution in [0.5, 0.6) is 0 Å². The van der Waals surface area contributed by atoms with Gasteiger partial charge >= 0.3 is 0 Å². The summed E-state index contributed by atoms with van der Waals surface area (Å²) in [4.78, 5) is 0. The van der Waals surface area contributed by atoms with E-state index in [0.29, 0.717) is 0 Å². The van der Waals surface area contributed by atoms with Gasteiger partial charge in [0.2, 0.25) is 0 Å². The van der Waals surface area contributed by atoms with Crippen molar-refractivity contribution in [2.75, 3.05) is 4.43 Å². The van der Waals surface area contributed by atoms with Crippen molar-refractivity contribution in [3.8, 4) is 0 Å². The molecule has 16 heavy (non-hydrogen) atoms. The Morgan fingerprint density at radius 3 is 2.56 bits per heavy atom. The number of rotatable bonds is 4. The van der Waals surface area contributed by atoms with Crippen molar-refractivity contribution in [3.63, 3.8) is 0 Å². The van der Waals surface area contributed by atoms with Crippen LogP contribution in [0.25, 0.3) is 10.8 Å². The minimum atomic E-state index is 1.11. The van der Waals surface area contributed by atoms with Crippen LogP contribution in [0.3, 0.4) is 0 Å². The molecule has 0 heterocycles. The standard InChI is InChI=1S/C15H15I/c16-11-5-1-2-6-13-9-10-14-7-3-4-8-15(14)12-13/h1,3-5,7-10,12H,2,6,11H2. The molecule has 0 saturated carbocycles. The molecule has 0 amide bonds. The lowest BCUT2D eigenvalue weighted by Crippen LogP contribution is -1.83. The molecule has 0 aliphatic heterocycles. The van der Waals surface area contributed by atoms with Crippen molar-refractivity contribution >= 4 is 33.4 Å². The van der Waals surface area contributed by atoms with Crippen LogP contribution in [0.4, 0.5) is 0 Å². The highest BCUT2D eigenvalue weighted by Gasteiger charge is 1.94. The number of benzene rings is 2. The van der Waals surface area contributed by atoms with Gasteiger partial charge in [0.1, 0.15) is 0 Å². The zero-order chi connectivity index (χ0) is 11.2. The first-order valence-electron chi connectivity index (χ1n) is 5.59. The van der Waals surface area contributed by atoms with Gasteiger partial charge in [-0.3, -0.25) is 0 Å². The number of aryl methyl sites for hydroxylation is 1. The highest BCUT2D eigenvalue weighted by molar-refractivity contribution is 14.1. The molecule has 0 nitrogen and oxygen atoms in total. The van der Waals surface area contributed by atoms with Crippen LogP contribution in [0.1, 0.15) is 12.0 Å². The first-order chi connectivity index (χ1) is 7.90. The maximum atomic E-state index is 2.37. The molecule has 0 aromatic heterocycles. The van der Waals surface area contributed by atoms with Crippen LogP contribution < -0.4 is 0 Å². The van der Waals surface area contributed by atoms with Crippen LogP contribution in [-0.2, 0) is 6.42 Å². The van der Waals surface area contributed by atoms with E-state index in [2.05, 4.69) is 77.2 Å². The second-order valence-electron chi connectivity index (χ2n) is 3.85. The molecule has 0 bridgehead atoms. The predicted molar refractivity (Wildman–Crippen MR) is 80.3 cm³/mol. The molecule has 1 heteroatoms. The minimum Gasteiger partial charge on any atom is -0.0874 e. The molecule has 0 aliphatic rings. The molecule has 2 aromatic carbocycles. The third kappa shape index (κ3) is 3.08. The van der Waals surface area contributed by atoms with Crippen molar-refractivity contribution in [1.82, 2.24) is 0 Å². The first-order valence-corrected chi connectivity index (χ1v) is 7.11. The molecule has 0 N–H and O–H groups in total. The van der Waals surface area contributed by atoms with E-state index in [1.807, 2.05) is 0 Å². The summed E-state index contributed by atoms with van der Waals surface area (Å²) in [6, 6.07) is 15.3. The summed E-state index contributed by atoms with van der Waals surface area (Å²) < 4.78 is 1.11. The normalized spacial score (nSPS) is 11.3. The smallest absolute Gasteiger partial charge is 0.0175 e. The van der Waals surface area contributed by atoms with Gasteiger partial charge in [-0.15, -0.1) is 0 Å². The number of halogens is 1. The van der Waals surface area contributed by atoms with Gasteiger partial charge in [0.05, 0.1) is 0 Å². The third-order valence-electron chi connectivity index (χ3n) is 2.67. The maximum Gasteiger partial charge on any atom is 0.0175 e. The van der Waals surface area contributed by atoms with Crippen LogP contribution in [0, 0.1) is 0 Å². The predicted octanol–water partition coefficient (Wildman–Crippen LogP) is 4.76. The molecule has 0 radical (unpaired) electrons. The topological polar surface area (TPSA) is 0 Å². The van der Waals surface area contributed by atoms with Gasteiger partial charge in [-0.25, -0.2) is 0 Å². The van der Waals surface area contributed by atoms with Gasteiger partial charge < -0.3 is 0 Å². The van der Waals surface area contributed by atoms with Crippen LogP contribution in [0.15, 0.2) is 54.6 Å². The second-order valence-corrected chi connectivity index (χ2v) is 4.73. The molecule has 2 aromatic rings. The van der Waals surface area contributed by atoms with E-state index in [1.165, 1.54) is 16.3 Å². The van der Waals surface area contributed by atoms with E-state index < -0.39 is 0 Å². The van der Waals surface area contributed by atoms with Crippen molar-refractivity contribution in [1.29, 1.82) is 0 Å². The summed E-state index contributed by atoms with van der Waals surface area (Å²) in [6.07, 6.45) is 6.77.